The van der Waals surface area contributed by atoms with Gasteiger partial charge in [-0.1, -0.05) is 34.3 Å². The van der Waals surface area contributed by atoms with Crippen LogP contribution in [0, 0.1) is 23.7 Å². The van der Waals surface area contributed by atoms with E-state index in [0.717, 1.165) is 24.2 Å². The van der Waals surface area contributed by atoms with E-state index >= 15 is 0 Å². The summed E-state index contributed by atoms with van der Waals surface area (Å²) in [5.41, 5.74) is 0.516. The number of epoxide rings is 1. The molecule has 2 bridgehead atoms. The molecule has 0 aromatic carbocycles. The summed E-state index contributed by atoms with van der Waals surface area (Å²) in [5, 5.41) is 0. The van der Waals surface area contributed by atoms with Crippen molar-refractivity contribution in [1.82, 2.24) is 0 Å². The zero-order chi connectivity index (χ0) is 15.7. The van der Waals surface area contributed by atoms with Crippen LogP contribution < -0.4 is 0 Å². The van der Waals surface area contributed by atoms with E-state index in [1.54, 1.807) is 6.92 Å². The average Bonchev–Trinajstić information content (AvgIpc) is 2.88. The third kappa shape index (κ3) is 2.77. The summed E-state index contributed by atoms with van der Waals surface area (Å²) in [6.45, 7) is 13.4. The van der Waals surface area contributed by atoms with E-state index in [-0.39, 0.29) is 12.1 Å². The molecule has 3 aliphatic carbocycles. The van der Waals surface area contributed by atoms with Gasteiger partial charge < -0.3 is 9.47 Å². The molecule has 4 fully saturated rings. The minimum Gasteiger partial charge on any atom is -0.459 e. The van der Waals surface area contributed by atoms with Gasteiger partial charge in [0.2, 0.25) is 0 Å². The van der Waals surface area contributed by atoms with Gasteiger partial charge in [-0.15, -0.1) is 0 Å². The highest BCUT2D eigenvalue weighted by Gasteiger charge is 2.67. The van der Waals surface area contributed by atoms with E-state index in [9.17, 15) is 4.79 Å². The highest BCUT2D eigenvalue weighted by molar-refractivity contribution is 5.87. The first kappa shape index (κ1) is 16.5. The lowest BCUT2D eigenvalue weighted by Gasteiger charge is -2.32. The van der Waals surface area contributed by atoms with Crippen molar-refractivity contribution in [2.75, 3.05) is 0 Å². The van der Waals surface area contributed by atoms with Gasteiger partial charge >= 0.3 is 5.97 Å². The predicted octanol–water partition coefficient (Wildman–Crippen LogP) is 3.97. The summed E-state index contributed by atoms with van der Waals surface area (Å²) >= 11 is 0. The number of fused-ring (bicyclic) bond motifs is 7. The molecule has 0 aromatic rings. The lowest BCUT2D eigenvalue weighted by molar-refractivity contribution is -0.148. The zero-order valence-corrected chi connectivity index (χ0v) is 14.1. The minimum atomic E-state index is -0.210. The topological polar surface area (TPSA) is 38.8 Å². The highest BCUT2D eigenvalue weighted by atomic mass is 16.6. The first-order valence-corrected chi connectivity index (χ1v) is 8.67. The van der Waals surface area contributed by atoms with Crippen LogP contribution in [-0.4, -0.2) is 24.3 Å². The quantitative estimate of drug-likeness (QED) is 0.439. The van der Waals surface area contributed by atoms with Gasteiger partial charge in [-0.3, -0.25) is 0 Å². The summed E-state index contributed by atoms with van der Waals surface area (Å²) < 4.78 is 11.2. The van der Waals surface area contributed by atoms with Crippen molar-refractivity contribution in [3.63, 3.8) is 0 Å². The lowest BCUT2D eigenvalue weighted by atomic mass is 9.79. The SMILES string of the molecule is C=C(C)C(=O)OC1CC2CC1C1CC3OC3C21.CC.CC. The molecule has 3 nitrogen and oxygen atoms in total. The maximum absolute atomic E-state index is 11.6. The van der Waals surface area contributed by atoms with Crippen molar-refractivity contribution in [1.29, 1.82) is 0 Å². The number of ether oxygens (including phenoxy) is 2. The Kier molecular flexibility index (Phi) is 5.13. The number of esters is 1. The molecule has 3 heteroatoms. The summed E-state index contributed by atoms with van der Waals surface area (Å²) in [6.07, 6.45) is 4.77. The second-order valence-corrected chi connectivity index (χ2v) is 6.24. The molecule has 3 saturated carbocycles. The minimum absolute atomic E-state index is 0.156. The number of hydrogen-bond acceptors (Lipinski definition) is 3. The van der Waals surface area contributed by atoms with Gasteiger partial charge in [0.1, 0.15) is 6.10 Å². The van der Waals surface area contributed by atoms with Crippen molar-refractivity contribution in [3.05, 3.63) is 12.2 Å². The van der Waals surface area contributed by atoms with Crippen LogP contribution in [0.2, 0.25) is 0 Å². The van der Waals surface area contributed by atoms with E-state index in [4.69, 9.17) is 9.47 Å². The van der Waals surface area contributed by atoms with Gasteiger partial charge in [0.15, 0.2) is 0 Å². The van der Waals surface area contributed by atoms with Gasteiger partial charge in [-0.2, -0.15) is 0 Å². The zero-order valence-electron chi connectivity index (χ0n) is 14.1. The number of rotatable bonds is 2. The molecule has 0 amide bonds. The number of hydrogen-bond donors (Lipinski definition) is 0. The second kappa shape index (κ2) is 6.51. The van der Waals surface area contributed by atoms with E-state index in [2.05, 4.69) is 6.58 Å². The van der Waals surface area contributed by atoms with Crippen molar-refractivity contribution in [2.24, 2.45) is 23.7 Å². The summed E-state index contributed by atoms with van der Waals surface area (Å²) in [5.74, 6) is 2.68. The van der Waals surface area contributed by atoms with Crippen LogP contribution in [0.1, 0.15) is 53.9 Å². The van der Waals surface area contributed by atoms with Gasteiger partial charge in [0, 0.05) is 5.57 Å². The summed E-state index contributed by atoms with van der Waals surface area (Å²) in [7, 11) is 0. The Bertz CT molecular complexity index is 403. The fourth-order valence-corrected chi connectivity index (χ4v) is 4.64. The monoisotopic (exact) mass is 294 g/mol. The van der Waals surface area contributed by atoms with Gasteiger partial charge in [-0.25, -0.2) is 4.79 Å². The van der Waals surface area contributed by atoms with Crippen molar-refractivity contribution in [3.8, 4) is 0 Å². The van der Waals surface area contributed by atoms with Crippen molar-refractivity contribution < 1.29 is 14.3 Å². The Balaban J connectivity index is 0.000000374. The fourth-order valence-electron chi connectivity index (χ4n) is 4.64. The standard InChI is InChI=1S/C14H18O3.2C2H6/c1-6(2)14(15)17-10-4-7-3-8(10)9-5-11-13(16-11)12(7)9;2*1-2/h7-13H,1,3-5H2,2H3;2*1-2H3. The molecule has 0 aromatic heterocycles. The summed E-state index contributed by atoms with van der Waals surface area (Å²) in [6, 6.07) is 0. The molecular weight excluding hydrogens is 264 g/mol. The smallest absolute Gasteiger partial charge is 0.333 e. The number of carbonyl (C=O) groups is 1. The molecule has 0 spiro atoms. The van der Waals surface area contributed by atoms with Crippen LogP contribution in [0.5, 0.6) is 0 Å². The van der Waals surface area contributed by atoms with E-state index in [0.29, 0.717) is 23.7 Å². The van der Waals surface area contributed by atoms with Crippen LogP contribution in [0.25, 0.3) is 0 Å². The molecule has 7 unspecified atom stereocenters. The normalized spacial score (nSPS) is 43.6. The van der Waals surface area contributed by atoms with Crippen molar-refractivity contribution >= 4 is 5.97 Å². The van der Waals surface area contributed by atoms with Crippen LogP contribution in [0.15, 0.2) is 12.2 Å². The summed E-state index contributed by atoms with van der Waals surface area (Å²) in [4.78, 5) is 11.6. The maximum Gasteiger partial charge on any atom is 0.333 e. The average molecular weight is 294 g/mol. The molecule has 1 saturated heterocycles. The Morgan fingerprint density at radius 2 is 1.76 bits per heavy atom. The molecule has 21 heavy (non-hydrogen) atoms. The number of carbonyl (C=O) groups excluding carboxylic acids is 1. The van der Waals surface area contributed by atoms with E-state index in [1.165, 1.54) is 12.8 Å². The Morgan fingerprint density at radius 3 is 2.38 bits per heavy atom. The Morgan fingerprint density at radius 1 is 1.10 bits per heavy atom. The first-order chi connectivity index (χ1) is 10.1. The van der Waals surface area contributed by atoms with Gasteiger partial charge in [0.25, 0.3) is 0 Å². The van der Waals surface area contributed by atoms with Crippen LogP contribution in [0.4, 0.5) is 0 Å². The molecule has 0 radical (unpaired) electrons. The third-order valence-electron chi connectivity index (χ3n) is 5.29. The first-order valence-electron chi connectivity index (χ1n) is 8.67. The third-order valence-corrected chi connectivity index (χ3v) is 5.29. The second-order valence-electron chi connectivity index (χ2n) is 6.24. The molecule has 1 aliphatic heterocycles. The van der Waals surface area contributed by atoms with Crippen LogP contribution in [-0.2, 0) is 14.3 Å². The molecule has 7 atom stereocenters. The Labute approximate surface area is 129 Å². The maximum atomic E-state index is 11.6. The van der Waals surface area contributed by atoms with Crippen LogP contribution in [0.3, 0.4) is 0 Å². The van der Waals surface area contributed by atoms with Crippen molar-refractivity contribution in [2.45, 2.75) is 72.2 Å². The van der Waals surface area contributed by atoms with Gasteiger partial charge in [-0.05, 0) is 49.9 Å². The predicted molar refractivity (Wildman–Crippen MR) is 83.9 cm³/mol. The molecule has 4 aliphatic rings. The largest absolute Gasteiger partial charge is 0.459 e. The molecule has 120 valence electrons. The fraction of sp³-hybridized carbons (Fsp3) is 0.833. The molecule has 0 N–H and O–H groups in total. The Hall–Kier alpha value is -0.830. The molecular formula is C18H30O3. The van der Waals surface area contributed by atoms with Gasteiger partial charge in [0.05, 0.1) is 12.2 Å². The molecule has 4 rings (SSSR count). The molecule has 1 heterocycles. The highest BCUT2D eigenvalue weighted by Crippen LogP contribution is 2.64. The van der Waals surface area contributed by atoms with Crippen LogP contribution >= 0.6 is 0 Å². The van der Waals surface area contributed by atoms with E-state index in [1.807, 2.05) is 27.7 Å². The van der Waals surface area contributed by atoms with E-state index < -0.39 is 0 Å². The lowest BCUT2D eigenvalue weighted by Crippen LogP contribution is -2.34.